The van der Waals surface area contributed by atoms with Crippen molar-refractivity contribution in [1.29, 1.82) is 0 Å². The van der Waals surface area contributed by atoms with Crippen molar-refractivity contribution in [1.82, 2.24) is 0 Å². The number of anilines is 2. The third kappa shape index (κ3) is 6.57. The highest BCUT2D eigenvalue weighted by Gasteiger charge is 2.21. The van der Waals surface area contributed by atoms with Gasteiger partial charge < -0.3 is 16.2 Å². The van der Waals surface area contributed by atoms with Gasteiger partial charge in [0.1, 0.15) is 17.1 Å². The largest absolute Gasteiger partial charge is 0.505 e. The van der Waals surface area contributed by atoms with Crippen LogP contribution in [0.15, 0.2) is 105 Å². The van der Waals surface area contributed by atoms with Crippen LogP contribution < -0.4 is 11.1 Å². The summed E-state index contributed by atoms with van der Waals surface area (Å²) in [5.41, 5.74) is 10.5. The zero-order valence-corrected chi connectivity index (χ0v) is 22.1. The van der Waals surface area contributed by atoms with Gasteiger partial charge in [0, 0.05) is 26.6 Å². The molecule has 0 bridgehead atoms. The molecule has 1 amide bonds. The number of nitrogens with one attached hydrogen (secondary N) is 1. The molecule has 37 heavy (non-hydrogen) atoms. The first-order chi connectivity index (χ1) is 17.6. The number of nitrogen functional groups attached to an aromatic ring is 1. The predicted molar refractivity (Wildman–Crippen MR) is 152 cm³/mol. The van der Waals surface area contributed by atoms with Crippen molar-refractivity contribution >= 4 is 40.4 Å². The highest BCUT2D eigenvalue weighted by molar-refractivity contribution is 7.99. The molecule has 0 unspecified atom stereocenters. The van der Waals surface area contributed by atoms with Gasteiger partial charge in [0.15, 0.2) is 0 Å². The number of amides is 1. The second-order valence-corrected chi connectivity index (χ2v) is 10.9. The molecule has 0 spiro atoms. The van der Waals surface area contributed by atoms with Crippen LogP contribution in [0.5, 0.6) is 5.75 Å². The minimum absolute atomic E-state index is 0.130. The Bertz CT molecular complexity index is 1440. The summed E-state index contributed by atoms with van der Waals surface area (Å²) < 4.78 is 0. The molecule has 0 aliphatic rings. The van der Waals surface area contributed by atoms with Gasteiger partial charge in [-0.15, -0.1) is 10.2 Å². The van der Waals surface area contributed by atoms with Crippen molar-refractivity contribution in [3.8, 4) is 5.75 Å². The monoisotopic (exact) mass is 510 g/mol. The van der Waals surface area contributed by atoms with Gasteiger partial charge in [-0.05, 0) is 78.6 Å². The zero-order chi connectivity index (χ0) is 26.6. The highest BCUT2D eigenvalue weighted by atomic mass is 32.2. The van der Waals surface area contributed by atoms with Gasteiger partial charge in [-0.25, -0.2) is 0 Å². The van der Waals surface area contributed by atoms with E-state index in [0.29, 0.717) is 22.6 Å². The number of carbonyl (C=O) groups excluding carboxylic acids is 1. The van der Waals surface area contributed by atoms with Gasteiger partial charge in [-0.2, -0.15) is 0 Å². The molecular formula is C30H30N4O2S. The Hall–Kier alpha value is -4.10. The number of phenolic OH excluding ortho intramolecular Hbond substituents is 1. The Morgan fingerprint density at radius 1 is 0.865 bits per heavy atom. The molecule has 0 aliphatic heterocycles. The first-order valence-electron chi connectivity index (χ1n) is 11.9. The molecule has 0 aromatic heterocycles. The Labute approximate surface area is 221 Å². The Morgan fingerprint density at radius 3 is 2.19 bits per heavy atom. The van der Waals surface area contributed by atoms with E-state index in [0.717, 1.165) is 26.6 Å². The van der Waals surface area contributed by atoms with E-state index in [-0.39, 0.29) is 17.1 Å². The van der Waals surface area contributed by atoms with Gasteiger partial charge in [0.2, 0.25) is 0 Å². The lowest BCUT2D eigenvalue weighted by atomic mass is 9.85. The SMILES string of the molecule is Cc1cc(N=Nc2cc(Sc3ccc(NC(=O)c4ccccc4)cc3)ccc2N)c(O)c(C(C)(C)C)c1. The second kappa shape index (κ2) is 10.9. The first kappa shape index (κ1) is 26.0. The average molecular weight is 511 g/mol. The first-order valence-corrected chi connectivity index (χ1v) is 12.7. The number of hydrogen-bond acceptors (Lipinski definition) is 6. The van der Waals surface area contributed by atoms with Gasteiger partial charge in [-0.3, -0.25) is 4.79 Å². The third-order valence-corrected chi connectivity index (χ3v) is 6.69. The topological polar surface area (TPSA) is 100 Å². The van der Waals surface area contributed by atoms with Crippen LogP contribution in [0.1, 0.15) is 42.3 Å². The fourth-order valence-corrected chi connectivity index (χ4v) is 4.58. The standard InChI is InChI=1S/C30H30N4O2S/c1-19-16-24(30(2,3)4)28(35)27(17-19)34-33-26-18-23(14-15-25(26)31)37-22-12-10-21(11-13-22)32-29(36)20-8-6-5-7-9-20/h5-18,35H,31H2,1-4H3,(H,32,36). The van der Waals surface area contributed by atoms with Gasteiger partial charge >= 0.3 is 0 Å². The summed E-state index contributed by atoms with van der Waals surface area (Å²) in [7, 11) is 0. The van der Waals surface area contributed by atoms with Crippen molar-refractivity contribution in [3.63, 3.8) is 0 Å². The second-order valence-electron chi connectivity index (χ2n) is 9.80. The Morgan fingerprint density at radius 2 is 1.51 bits per heavy atom. The predicted octanol–water partition coefficient (Wildman–Crippen LogP) is 8.40. The van der Waals surface area contributed by atoms with Crippen LogP contribution in [-0.4, -0.2) is 11.0 Å². The summed E-state index contributed by atoms with van der Waals surface area (Å²) in [5, 5.41) is 22.4. The zero-order valence-electron chi connectivity index (χ0n) is 21.3. The number of aromatic hydroxyl groups is 1. The Kier molecular flexibility index (Phi) is 7.64. The average Bonchev–Trinajstić information content (AvgIpc) is 2.87. The molecule has 4 aromatic rings. The lowest BCUT2D eigenvalue weighted by Crippen LogP contribution is -2.11. The molecule has 7 heteroatoms. The number of aryl methyl sites for hydroxylation is 1. The number of azo groups is 1. The molecule has 0 fully saturated rings. The number of benzene rings is 4. The third-order valence-electron chi connectivity index (χ3n) is 5.69. The van der Waals surface area contributed by atoms with Crippen LogP contribution in [0.4, 0.5) is 22.7 Å². The summed E-state index contributed by atoms with van der Waals surface area (Å²) in [4.78, 5) is 14.3. The van der Waals surface area contributed by atoms with E-state index < -0.39 is 0 Å². The smallest absolute Gasteiger partial charge is 0.255 e. The molecule has 0 radical (unpaired) electrons. The van der Waals surface area contributed by atoms with Crippen LogP contribution in [-0.2, 0) is 5.41 Å². The van der Waals surface area contributed by atoms with E-state index >= 15 is 0 Å². The molecule has 6 nitrogen and oxygen atoms in total. The quantitative estimate of drug-likeness (QED) is 0.179. The number of carbonyl (C=O) groups is 1. The van der Waals surface area contributed by atoms with Crippen LogP contribution in [0.3, 0.4) is 0 Å². The summed E-state index contributed by atoms with van der Waals surface area (Å²) in [5.74, 6) is -0.0193. The van der Waals surface area contributed by atoms with E-state index in [1.165, 1.54) is 0 Å². The molecule has 0 saturated heterocycles. The lowest BCUT2D eigenvalue weighted by molar-refractivity contribution is 0.102. The fourth-order valence-electron chi connectivity index (χ4n) is 3.72. The van der Waals surface area contributed by atoms with Crippen molar-refractivity contribution in [3.05, 3.63) is 102 Å². The maximum absolute atomic E-state index is 12.4. The molecule has 4 rings (SSSR count). The summed E-state index contributed by atoms with van der Waals surface area (Å²) in [6.07, 6.45) is 0. The molecule has 188 valence electrons. The molecular weight excluding hydrogens is 480 g/mol. The lowest BCUT2D eigenvalue weighted by Gasteiger charge is -2.21. The van der Waals surface area contributed by atoms with Crippen LogP contribution >= 0.6 is 11.8 Å². The number of nitrogens with zero attached hydrogens (tertiary/aromatic N) is 2. The highest BCUT2D eigenvalue weighted by Crippen LogP contribution is 2.40. The van der Waals surface area contributed by atoms with Crippen LogP contribution in [0, 0.1) is 6.92 Å². The maximum atomic E-state index is 12.4. The minimum Gasteiger partial charge on any atom is -0.505 e. The summed E-state index contributed by atoms with van der Waals surface area (Å²) >= 11 is 1.55. The van der Waals surface area contributed by atoms with Crippen molar-refractivity contribution in [2.75, 3.05) is 11.1 Å². The normalized spacial score (nSPS) is 11.6. The number of hydrogen-bond donors (Lipinski definition) is 3. The molecule has 4 aromatic carbocycles. The van der Waals surface area contributed by atoms with Gasteiger partial charge in [-0.1, -0.05) is 56.8 Å². The van der Waals surface area contributed by atoms with Gasteiger partial charge in [0.25, 0.3) is 5.91 Å². The number of nitrogens with two attached hydrogens (primary N) is 1. The minimum atomic E-state index is -0.226. The van der Waals surface area contributed by atoms with Crippen molar-refractivity contribution < 1.29 is 9.90 Å². The van der Waals surface area contributed by atoms with Crippen molar-refractivity contribution in [2.45, 2.75) is 42.9 Å². The molecule has 0 aliphatic carbocycles. The van der Waals surface area contributed by atoms with Crippen LogP contribution in [0.25, 0.3) is 0 Å². The van der Waals surface area contributed by atoms with Gasteiger partial charge in [0.05, 0.1) is 5.69 Å². The van der Waals surface area contributed by atoms with Crippen molar-refractivity contribution in [2.24, 2.45) is 10.2 Å². The van der Waals surface area contributed by atoms with E-state index in [1.54, 1.807) is 36.0 Å². The molecule has 0 atom stereocenters. The summed E-state index contributed by atoms with van der Waals surface area (Å²) in [6, 6.07) is 26.1. The Balaban J connectivity index is 1.49. The van der Waals surface area contributed by atoms with Crippen LogP contribution in [0.2, 0.25) is 0 Å². The van der Waals surface area contributed by atoms with E-state index in [2.05, 4.69) is 15.5 Å². The van der Waals surface area contributed by atoms with E-state index in [4.69, 9.17) is 5.73 Å². The maximum Gasteiger partial charge on any atom is 0.255 e. The molecule has 0 heterocycles. The summed E-state index contributed by atoms with van der Waals surface area (Å²) in [6.45, 7) is 8.11. The number of rotatable bonds is 6. The molecule has 4 N–H and O–H groups in total. The number of phenols is 1. The molecule has 0 saturated carbocycles. The fraction of sp³-hybridized carbons (Fsp3) is 0.167. The van der Waals surface area contributed by atoms with E-state index in [9.17, 15) is 9.90 Å². The van der Waals surface area contributed by atoms with E-state index in [1.807, 2.05) is 88.4 Å².